The molecule has 1 heterocycles. The molecule has 0 aliphatic rings. The molecule has 8 heteroatoms. The minimum atomic E-state index is -0.612. The number of carbonyl (C=O) groups is 2. The number of rotatable bonds is 6. The minimum absolute atomic E-state index is 0.161. The summed E-state index contributed by atoms with van der Waals surface area (Å²) >= 11 is 0. The predicted octanol–water partition coefficient (Wildman–Crippen LogP) is 1.31. The fourth-order valence-electron chi connectivity index (χ4n) is 2.58. The van der Waals surface area contributed by atoms with Crippen LogP contribution in [0.15, 0.2) is 53.3 Å². The Morgan fingerprint density at radius 2 is 1.81 bits per heavy atom. The summed E-state index contributed by atoms with van der Waals surface area (Å²) in [4.78, 5) is 35.8. The van der Waals surface area contributed by atoms with Gasteiger partial charge in [0.1, 0.15) is 5.52 Å². The van der Waals surface area contributed by atoms with E-state index in [4.69, 9.17) is 5.73 Å². The standard InChI is InChI=1S/C18H17N5O3/c19-17(25)12-6-1-3-8-14(12)20-16(24)10-5-11-23-18(26)13-7-2-4-9-15(13)21-22-23/h1-4,6-9H,5,10-11H2,(H2,19,25)(H,20,24). The van der Waals surface area contributed by atoms with Crippen LogP contribution < -0.4 is 16.6 Å². The number of hydrogen-bond acceptors (Lipinski definition) is 5. The molecule has 26 heavy (non-hydrogen) atoms. The highest BCUT2D eigenvalue weighted by Crippen LogP contribution is 2.14. The van der Waals surface area contributed by atoms with Crippen LogP contribution in [0.1, 0.15) is 23.2 Å². The third kappa shape index (κ3) is 3.75. The zero-order valence-electron chi connectivity index (χ0n) is 13.9. The van der Waals surface area contributed by atoms with Gasteiger partial charge in [0.2, 0.25) is 5.91 Å². The van der Waals surface area contributed by atoms with Gasteiger partial charge >= 0.3 is 0 Å². The van der Waals surface area contributed by atoms with E-state index >= 15 is 0 Å². The first-order valence-electron chi connectivity index (χ1n) is 8.07. The number of aryl methyl sites for hydroxylation is 1. The highest BCUT2D eigenvalue weighted by molar-refractivity contribution is 6.02. The van der Waals surface area contributed by atoms with E-state index in [0.717, 1.165) is 0 Å². The smallest absolute Gasteiger partial charge is 0.277 e. The summed E-state index contributed by atoms with van der Waals surface area (Å²) in [6.07, 6.45) is 0.561. The zero-order chi connectivity index (χ0) is 18.5. The van der Waals surface area contributed by atoms with Gasteiger partial charge in [0.15, 0.2) is 0 Å². The highest BCUT2D eigenvalue weighted by atomic mass is 16.2. The summed E-state index contributed by atoms with van der Waals surface area (Å²) in [5, 5.41) is 11.0. The van der Waals surface area contributed by atoms with Crippen LogP contribution in [-0.4, -0.2) is 26.8 Å². The summed E-state index contributed by atoms with van der Waals surface area (Å²) in [6.45, 7) is 0.265. The van der Waals surface area contributed by atoms with Gasteiger partial charge in [-0.3, -0.25) is 14.4 Å². The lowest BCUT2D eigenvalue weighted by molar-refractivity contribution is -0.116. The molecule has 3 aromatic rings. The lowest BCUT2D eigenvalue weighted by Crippen LogP contribution is -2.25. The topological polar surface area (TPSA) is 120 Å². The molecule has 0 saturated heterocycles. The number of anilines is 1. The minimum Gasteiger partial charge on any atom is -0.366 e. The van der Waals surface area contributed by atoms with E-state index in [1.165, 1.54) is 4.68 Å². The normalized spacial score (nSPS) is 10.6. The summed E-state index contributed by atoms with van der Waals surface area (Å²) in [7, 11) is 0. The van der Waals surface area contributed by atoms with Gasteiger partial charge in [0.05, 0.1) is 16.6 Å². The molecule has 0 fully saturated rings. The summed E-state index contributed by atoms with van der Waals surface area (Å²) in [5.41, 5.74) is 6.20. The van der Waals surface area contributed by atoms with Crippen molar-refractivity contribution in [1.82, 2.24) is 15.0 Å². The number of benzene rings is 2. The van der Waals surface area contributed by atoms with Crippen LogP contribution >= 0.6 is 0 Å². The molecule has 1 aromatic heterocycles. The Morgan fingerprint density at radius 3 is 2.62 bits per heavy atom. The van der Waals surface area contributed by atoms with Crippen molar-refractivity contribution in [3.8, 4) is 0 Å². The lowest BCUT2D eigenvalue weighted by Gasteiger charge is -2.09. The largest absolute Gasteiger partial charge is 0.366 e. The third-order valence-electron chi connectivity index (χ3n) is 3.87. The molecule has 0 aliphatic heterocycles. The summed E-state index contributed by atoms with van der Waals surface area (Å²) in [6, 6.07) is 13.5. The van der Waals surface area contributed by atoms with Crippen molar-refractivity contribution >= 4 is 28.4 Å². The molecular formula is C18H17N5O3. The average molecular weight is 351 g/mol. The van der Waals surface area contributed by atoms with E-state index in [-0.39, 0.29) is 30.0 Å². The SMILES string of the molecule is NC(=O)c1ccccc1NC(=O)CCCn1nnc2ccccc2c1=O. The molecule has 2 amide bonds. The lowest BCUT2D eigenvalue weighted by atomic mass is 10.1. The van der Waals surface area contributed by atoms with E-state index in [9.17, 15) is 14.4 Å². The van der Waals surface area contributed by atoms with Gasteiger partial charge in [-0.2, -0.15) is 0 Å². The van der Waals surface area contributed by atoms with Gasteiger partial charge in [-0.25, -0.2) is 4.68 Å². The maximum Gasteiger partial charge on any atom is 0.277 e. The third-order valence-corrected chi connectivity index (χ3v) is 3.87. The Bertz CT molecular complexity index is 1030. The van der Waals surface area contributed by atoms with Crippen molar-refractivity contribution < 1.29 is 9.59 Å². The number of carbonyl (C=O) groups excluding carboxylic acids is 2. The van der Waals surface area contributed by atoms with Gasteiger partial charge in [-0.15, -0.1) is 5.10 Å². The second-order valence-electron chi connectivity index (χ2n) is 5.70. The van der Waals surface area contributed by atoms with Crippen LogP contribution in [0.3, 0.4) is 0 Å². The van der Waals surface area contributed by atoms with Crippen LogP contribution in [0.2, 0.25) is 0 Å². The molecule has 0 bridgehead atoms. The molecule has 0 spiro atoms. The van der Waals surface area contributed by atoms with E-state index in [1.807, 2.05) is 0 Å². The van der Waals surface area contributed by atoms with Gasteiger partial charge in [0, 0.05) is 13.0 Å². The quantitative estimate of drug-likeness (QED) is 0.694. The molecular weight excluding hydrogens is 334 g/mol. The molecule has 0 aliphatic carbocycles. The van der Waals surface area contributed by atoms with Crippen molar-refractivity contribution in [2.24, 2.45) is 5.73 Å². The first-order chi connectivity index (χ1) is 12.6. The van der Waals surface area contributed by atoms with Gasteiger partial charge < -0.3 is 11.1 Å². The second kappa shape index (κ2) is 7.56. The Hall–Kier alpha value is -3.55. The molecule has 0 radical (unpaired) electrons. The molecule has 0 unspecified atom stereocenters. The maximum absolute atomic E-state index is 12.3. The fourth-order valence-corrected chi connectivity index (χ4v) is 2.58. The van der Waals surface area contributed by atoms with Crippen molar-refractivity contribution in [3.05, 3.63) is 64.4 Å². The summed E-state index contributed by atoms with van der Waals surface area (Å²) in [5.74, 6) is -0.889. The Kier molecular flexibility index (Phi) is 5.02. The van der Waals surface area contributed by atoms with Crippen molar-refractivity contribution in [2.45, 2.75) is 19.4 Å². The number of primary amides is 1. The number of nitrogens with zero attached hydrogens (tertiary/aromatic N) is 3. The highest BCUT2D eigenvalue weighted by Gasteiger charge is 2.11. The Morgan fingerprint density at radius 1 is 1.08 bits per heavy atom. The van der Waals surface area contributed by atoms with Crippen LogP contribution in [0, 0.1) is 0 Å². The number of hydrogen-bond donors (Lipinski definition) is 2. The van der Waals surface area contributed by atoms with E-state index < -0.39 is 5.91 Å². The summed E-state index contributed by atoms with van der Waals surface area (Å²) < 4.78 is 1.24. The number of nitrogens with one attached hydrogen (secondary N) is 1. The van der Waals surface area contributed by atoms with Crippen molar-refractivity contribution in [2.75, 3.05) is 5.32 Å². The van der Waals surface area contributed by atoms with Gasteiger partial charge in [-0.05, 0) is 30.7 Å². The Labute approximate surface area is 148 Å². The fraction of sp³-hybridized carbons (Fsp3) is 0.167. The number of nitrogens with two attached hydrogens (primary N) is 1. The van der Waals surface area contributed by atoms with Gasteiger partial charge in [-0.1, -0.05) is 29.5 Å². The van der Waals surface area contributed by atoms with Gasteiger partial charge in [0.25, 0.3) is 11.5 Å². The Balaban J connectivity index is 1.62. The van der Waals surface area contributed by atoms with E-state index in [0.29, 0.717) is 23.0 Å². The number of aromatic nitrogens is 3. The number of amides is 2. The average Bonchev–Trinajstić information content (AvgIpc) is 2.64. The first-order valence-corrected chi connectivity index (χ1v) is 8.07. The molecule has 132 valence electrons. The molecule has 3 rings (SSSR count). The van der Waals surface area contributed by atoms with Crippen LogP contribution in [-0.2, 0) is 11.3 Å². The molecule has 0 saturated carbocycles. The molecule has 2 aromatic carbocycles. The van der Waals surface area contributed by atoms with E-state index in [2.05, 4.69) is 15.6 Å². The van der Waals surface area contributed by atoms with Crippen molar-refractivity contribution in [3.63, 3.8) is 0 Å². The molecule has 8 nitrogen and oxygen atoms in total. The number of para-hydroxylation sites is 1. The molecule has 3 N–H and O–H groups in total. The monoisotopic (exact) mass is 351 g/mol. The van der Waals surface area contributed by atoms with Crippen LogP contribution in [0.4, 0.5) is 5.69 Å². The number of fused-ring (bicyclic) bond motifs is 1. The van der Waals surface area contributed by atoms with Crippen LogP contribution in [0.25, 0.3) is 10.9 Å². The zero-order valence-corrected chi connectivity index (χ0v) is 13.9. The predicted molar refractivity (Wildman–Crippen MR) is 96.6 cm³/mol. The van der Waals surface area contributed by atoms with Crippen molar-refractivity contribution in [1.29, 1.82) is 0 Å². The second-order valence-corrected chi connectivity index (χ2v) is 5.70. The van der Waals surface area contributed by atoms with E-state index in [1.54, 1.807) is 48.5 Å². The van der Waals surface area contributed by atoms with Crippen LogP contribution in [0.5, 0.6) is 0 Å². The first kappa shape index (κ1) is 17.3. The molecule has 0 atom stereocenters. The maximum atomic E-state index is 12.3.